The highest BCUT2D eigenvalue weighted by molar-refractivity contribution is 7.99. The van der Waals surface area contributed by atoms with Gasteiger partial charge in [-0.25, -0.2) is 9.97 Å². The molecule has 2 N–H and O–H groups in total. The number of imidazole rings is 1. The fraction of sp³-hybridized carbons (Fsp3) is 0.385. The molecule has 0 saturated carbocycles. The quantitative estimate of drug-likeness (QED) is 0.774. The SMILES string of the molecule is CC(=O)NCCn1c(SCC(=O)O)nc2ccc(C)nc21. The number of aryl methyl sites for hydroxylation is 1. The maximum atomic E-state index is 11.0. The van der Waals surface area contributed by atoms with Crippen LogP contribution in [0.4, 0.5) is 0 Å². The molecule has 0 aliphatic carbocycles. The van der Waals surface area contributed by atoms with E-state index in [9.17, 15) is 9.59 Å². The van der Waals surface area contributed by atoms with Gasteiger partial charge in [0.1, 0.15) is 5.52 Å². The molecule has 0 atom stereocenters. The summed E-state index contributed by atoms with van der Waals surface area (Å²) in [7, 11) is 0. The highest BCUT2D eigenvalue weighted by Crippen LogP contribution is 2.23. The van der Waals surface area contributed by atoms with E-state index in [1.165, 1.54) is 6.92 Å². The molecule has 7 nitrogen and oxygen atoms in total. The highest BCUT2D eigenvalue weighted by atomic mass is 32.2. The van der Waals surface area contributed by atoms with E-state index in [0.717, 1.165) is 23.0 Å². The second-order valence-electron chi connectivity index (χ2n) is 4.51. The summed E-state index contributed by atoms with van der Waals surface area (Å²) < 4.78 is 1.84. The minimum absolute atomic E-state index is 0.0670. The van der Waals surface area contributed by atoms with Gasteiger partial charge in [0.25, 0.3) is 0 Å². The van der Waals surface area contributed by atoms with E-state index in [4.69, 9.17) is 5.11 Å². The molecule has 0 unspecified atom stereocenters. The van der Waals surface area contributed by atoms with Gasteiger partial charge in [0.05, 0.1) is 5.75 Å². The maximum Gasteiger partial charge on any atom is 0.313 e. The molecule has 0 aliphatic rings. The van der Waals surface area contributed by atoms with Gasteiger partial charge in [0.15, 0.2) is 10.8 Å². The summed E-state index contributed by atoms with van der Waals surface area (Å²) in [6.45, 7) is 4.27. The van der Waals surface area contributed by atoms with Crippen molar-refractivity contribution in [1.29, 1.82) is 0 Å². The highest BCUT2D eigenvalue weighted by Gasteiger charge is 2.14. The number of carbonyl (C=O) groups is 2. The predicted molar refractivity (Wildman–Crippen MR) is 79.3 cm³/mol. The third-order valence-corrected chi connectivity index (χ3v) is 3.69. The van der Waals surface area contributed by atoms with Crippen LogP contribution in [0.2, 0.25) is 0 Å². The molecule has 8 heteroatoms. The van der Waals surface area contributed by atoms with Crippen molar-refractivity contribution >= 4 is 34.8 Å². The van der Waals surface area contributed by atoms with Crippen LogP contribution in [0.1, 0.15) is 12.6 Å². The third kappa shape index (κ3) is 3.94. The molecule has 2 heterocycles. The van der Waals surface area contributed by atoms with Gasteiger partial charge in [-0.05, 0) is 19.1 Å². The summed E-state index contributed by atoms with van der Waals surface area (Å²) in [4.78, 5) is 30.5. The van der Waals surface area contributed by atoms with E-state index in [1.807, 2.05) is 23.6 Å². The van der Waals surface area contributed by atoms with Crippen molar-refractivity contribution in [2.75, 3.05) is 12.3 Å². The van der Waals surface area contributed by atoms with Gasteiger partial charge in [0, 0.05) is 25.7 Å². The molecule has 2 aromatic rings. The number of hydrogen-bond donors (Lipinski definition) is 2. The van der Waals surface area contributed by atoms with Crippen molar-refractivity contribution in [3.63, 3.8) is 0 Å². The summed E-state index contributed by atoms with van der Waals surface area (Å²) in [5, 5.41) is 12.1. The number of nitrogens with zero attached hydrogens (tertiary/aromatic N) is 3. The van der Waals surface area contributed by atoms with Crippen molar-refractivity contribution in [2.24, 2.45) is 0 Å². The van der Waals surface area contributed by atoms with Crippen molar-refractivity contribution in [3.05, 3.63) is 17.8 Å². The lowest BCUT2D eigenvalue weighted by Crippen LogP contribution is -2.24. The maximum absolute atomic E-state index is 11.0. The molecule has 0 aliphatic heterocycles. The van der Waals surface area contributed by atoms with Crippen LogP contribution in [0.3, 0.4) is 0 Å². The molecule has 0 spiro atoms. The fourth-order valence-electron chi connectivity index (χ4n) is 1.86. The monoisotopic (exact) mass is 308 g/mol. The minimum Gasteiger partial charge on any atom is -0.481 e. The Bertz CT molecular complexity index is 683. The molecule has 112 valence electrons. The zero-order valence-electron chi connectivity index (χ0n) is 11.8. The Labute approximate surface area is 125 Å². The van der Waals surface area contributed by atoms with E-state index in [2.05, 4.69) is 15.3 Å². The first-order valence-corrected chi connectivity index (χ1v) is 7.39. The summed E-state index contributed by atoms with van der Waals surface area (Å²) in [5.41, 5.74) is 2.28. The average molecular weight is 308 g/mol. The number of aromatic nitrogens is 3. The Balaban J connectivity index is 2.30. The Morgan fingerprint density at radius 3 is 2.81 bits per heavy atom. The van der Waals surface area contributed by atoms with Crippen molar-refractivity contribution in [2.45, 2.75) is 25.5 Å². The molecular weight excluding hydrogens is 292 g/mol. The van der Waals surface area contributed by atoms with Crippen LogP contribution in [-0.2, 0) is 16.1 Å². The Morgan fingerprint density at radius 1 is 1.38 bits per heavy atom. The van der Waals surface area contributed by atoms with Gasteiger partial charge < -0.3 is 15.0 Å². The fourth-order valence-corrected chi connectivity index (χ4v) is 2.61. The van der Waals surface area contributed by atoms with Crippen LogP contribution in [-0.4, -0.2) is 43.8 Å². The Kier molecular flexibility index (Phi) is 4.79. The van der Waals surface area contributed by atoms with Gasteiger partial charge in [0.2, 0.25) is 5.91 Å². The van der Waals surface area contributed by atoms with Crippen LogP contribution in [0, 0.1) is 6.92 Å². The van der Waals surface area contributed by atoms with E-state index in [0.29, 0.717) is 23.9 Å². The van der Waals surface area contributed by atoms with E-state index >= 15 is 0 Å². The number of hydrogen-bond acceptors (Lipinski definition) is 5. The summed E-state index contributed by atoms with van der Waals surface area (Å²) in [6.07, 6.45) is 0. The number of nitrogens with one attached hydrogen (secondary N) is 1. The second-order valence-corrected chi connectivity index (χ2v) is 5.45. The number of rotatable bonds is 6. The standard InChI is InChI=1S/C13H16N4O3S/c1-8-3-4-10-12(15-8)17(6-5-14-9(2)18)13(16-10)21-7-11(19)20/h3-4H,5-7H2,1-2H3,(H,14,18)(H,19,20). The van der Waals surface area contributed by atoms with Gasteiger partial charge in [-0.1, -0.05) is 11.8 Å². The number of carbonyl (C=O) groups excluding carboxylic acids is 1. The average Bonchev–Trinajstić information content (AvgIpc) is 2.74. The normalized spacial score (nSPS) is 10.8. The number of amides is 1. The minimum atomic E-state index is -0.899. The number of pyridine rings is 1. The van der Waals surface area contributed by atoms with Crippen LogP contribution in [0.15, 0.2) is 17.3 Å². The van der Waals surface area contributed by atoms with E-state index in [1.54, 1.807) is 0 Å². The Hall–Kier alpha value is -2.09. The number of carboxylic acids is 1. The molecule has 0 saturated heterocycles. The summed E-state index contributed by atoms with van der Waals surface area (Å²) in [5.74, 6) is -1.07. The number of aliphatic carboxylic acids is 1. The summed E-state index contributed by atoms with van der Waals surface area (Å²) >= 11 is 1.15. The topological polar surface area (TPSA) is 97.1 Å². The van der Waals surface area contributed by atoms with Gasteiger partial charge in [-0.15, -0.1) is 0 Å². The Morgan fingerprint density at radius 2 is 2.14 bits per heavy atom. The van der Waals surface area contributed by atoms with Gasteiger partial charge >= 0.3 is 5.97 Å². The van der Waals surface area contributed by atoms with Crippen LogP contribution < -0.4 is 5.32 Å². The van der Waals surface area contributed by atoms with Crippen molar-refractivity contribution < 1.29 is 14.7 Å². The predicted octanol–water partition coefficient (Wildman–Crippen LogP) is 1.05. The first-order chi connectivity index (χ1) is 9.97. The molecule has 2 rings (SSSR count). The lowest BCUT2D eigenvalue weighted by molar-refractivity contribution is -0.133. The lowest BCUT2D eigenvalue weighted by atomic mass is 10.3. The largest absolute Gasteiger partial charge is 0.481 e. The van der Waals surface area contributed by atoms with Crippen LogP contribution in [0.5, 0.6) is 0 Å². The first-order valence-electron chi connectivity index (χ1n) is 6.40. The third-order valence-electron chi connectivity index (χ3n) is 2.73. The smallest absolute Gasteiger partial charge is 0.313 e. The zero-order valence-corrected chi connectivity index (χ0v) is 12.6. The number of fused-ring (bicyclic) bond motifs is 1. The van der Waals surface area contributed by atoms with Crippen molar-refractivity contribution in [3.8, 4) is 0 Å². The molecule has 2 aromatic heterocycles. The summed E-state index contributed by atoms with van der Waals surface area (Å²) in [6, 6.07) is 3.72. The lowest BCUT2D eigenvalue weighted by Gasteiger charge is -2.08. The molecular formula is C13H16N4O3S. The molecule has 1 amide bonds. The van der Waals surface area contributed by atoms with Crippen molar-refractivity contribution in [1.82, 2.24) is 19.9 Å². The first kappa shape index (κ1) is 15.3. The van der Waals surface area contributed by atoms with Crippen LogP contribution >= 0.6 is 11.8 Å². The van der Waals surface area contributed by atoms with Crippen LogP contribution in [0.25, 0.3) is 11.2 Å². The van der Waals surface area contributed by atoms with E-state index < -0.39 is 5.97 Å². The molecule has 0 fully saturated rings. The van der Waals surface area contributed by atoms with Gasteiger partial charge in [-0.2, -0.15) is 0 Å². The van der Waals surface area contributed by atoms with Gasteiger partial charge in [-0.3, -0.25) is 9.59 Å². The molecule has 0 bridgehead atoms. The second kappa shape index (κ2) is 6.57. The molecule has 0 aromatic carbocycles. The zero-order chi connectivity index (χ0) is 15.4. The molecule has 21 heavy (non-hydrogen) atoms. The number of carboxylic acid groups (broad SMARTS) is 1. The molecule has 0 radical (unpaired) electrons. The number of thioether (sulfide) groups is 1. The van der Waals surface area contributed by atoms with E-state index in [-0.39, 0.29) is 11.7 Å².